The number of hydrogen-bond donors (Lipinski definition) is 2. The summed E-state index contributed by atoms with van der Waals surface area (Å²) in [6, 6.07) is 0.436. The van der Waals surface area contributed by atoms with Gasteiger partial charge >= 0.3 is 0 Å². The summed E-state index contributed by atoms with van der Waals surface area (Å²) in [6.07, 6.45) is 14.3. The molecule has 0 saturated heterocycles. The Hall–Kier alpha value is -0.830. The predicted molar refractivity (Wildman–Crippen MR) is 74.4 cm³/mol. The summed E-state index contributed by atoms with van der Waals surface area (Å²) >= 11 is 0. The number of rotatable bonds is 5. The van der Waals surface area contributed by atoms with Gasteiger partial charge < -0.3 is 10.6 Å². The largest absolute Gasteiger partial charge is 0.352 e. The third-order valence-electron chi connectivity index (χ3n) is 4.07. The molecule has 0 aromatic heterocycles. The first-order chi connectivity index (χ1) is 8.84. The second-order valence-corrected chi connectivity index (χ2v) is 5.68. The van der Waals surface area contributed by atoms with Gasteiger partial charge in [-0.25, -0.2) is 0 Å². The molecule has 18 heavy (non-hydrogen) atoms. The molecule has 0 spiro atoms. The van der Waals surface area contributed by atoms with E-state index >= 15 is 0 Å². The van der Waals surface area contributed by atoms with E-state index in [2.05, 4.69) is 22.8 Å². The van der Waals surface area contributed by atoms with Crippen LogP contribution < -0.4 is 10.6 Å². The zero-order valence-electron chi connectivity index (χ0n) is 11.3. The van der Waals surface area contributed by atoms with E-state index < -0.39 is 0 Å². The van der Waals surface area contributed by atoms with Crippen molar-refractivity contribution in [1.29, 1.82) is 0 Å². The van der Waals surface area contributed by atoms with Crippen molar-refractivity contribution >= 4 is 5.91 Å². The van der Waals surface area contributed by atoms with Crippen molar-refractivity contribution < 1.29 is 4.79 Å². The molecule has 1 atom stereocenters. The van der Waals surface area contributed by atoms with Gasteiger partial charge in [-0.05, 0) is 44.6 Å². The van der Waals surface area contributed by atoms with Crippen LogP contribution in [0.25, 0.3) is 0 Å². The Bertz CT molecular complexity index is 282. The summed E-state index contributed by atoms with van der Waals surface area (Å²) in [6.45, 7) is 1.46. The predicted octanol–water partition coefficient (Wildman–Crippen LogP) is 2.38. The summed E-state index contributed by atoms with van der Waals surface area (Å²) in [5.41, 5.74) is 0. The first-order valence-corrected chi connectivity index (χ1v) is 7.49. The van der Waals surface area contributed by atoms with Gasteiger partial charge in [0.05, 0.1) is 6.54 Å². The Labute approximate surface area is 110 Å². The topological polar surface area (TPSA) is 41.1 Å². The Kier molecular flexibility index (Phi) is 5.72. The van der Waals surface area contributed by atoms with E-state index in [9.17, 15) is 4.79 Å². The molecular weight excluding hydrogens is 224 g/mol. The summed E-state index contributed by atoms with van der Waals surface area (Å²) < 4.78 is 0. The molecule has 0 radical (unpaired) electrons. The minimum atomic E-state index is 0.174. The average Bonchev–Trinajstić information content (AvgIpc) is 2.41. The summed E-state index contributed by atoms with van der Waals surface area (Å²) in [7, 11) is 0. The Morgan fingerprint density at radius 1 is 1.11 bits per heavy atom. The normalized spacial score (nSPS) is 25.0. The van der Waals surface area contributed by atoms with E-state index in [1.165, 1.54) is 44.9 Å². The second kappa shape index (κ2) is 7.57. The molecule has 0 heterocycles. The number of allylic oxidation sites excluding steroid dienone is 2. The molecule has 1 unspecified atom stereocenters. The molecule has 1 saturated carbocycles. The van der Waals surface area contributed by atoms with Gasteiger partial charge in [-0.3, -0.25) is 4.79 Å². The van der Waals surface area contributed by atoms with Crippen LogP contribution in [0.15, 0.2) is 12.2 Å². The molecular formula is C15H26N2O. The summed E-state index contributed by atoms with van der Waals surface area (Å²) in [5.74, 6) is 0.894. The van der Waals surface area contributed by atoms with Gasteiger partial charge in [0.1, 0.15) is 0 Å². The zero-order valence-corrected chi connectivity index (χ0v) is 11.3. The quantitative estimate of drug-likeness (QED) is 0.736. The number of carbonyl (C=O) groups excluding carboxylic acids is 1. The SMILES string of the molecule is O=C(CNCC1CC=CCC1)NC1CCCCC1. The molecule has 3 heteroatoms. The van der Waals surface area contributed by atoms with Gasteiger partial charge in [0, 0.05) is 6.04 Å². The fourth-order valence-corrected chi connectivity index (χ4v) is 2.96. The minimum Gasteiger partial charge on any atom is -0.352 e. The van der Waals surface area contributed by atoms with Crippen LogP contribution in [-0.2, 0) is 4.79 Å². The van der Waals surface area contributed by atoms with Gasteiger partial charge in [-0.1, -0.05) is 31.4 Å². The van der Waals surface area contributed by atoms with E-state index in [-0.39, 0.29) is 5.91 Å². The maximum Gasteiger partial charge on any atom is 0.234 e. The molecule has 2 rings (SSSR count). The van der Waals surface area contributed by atoms with Crippen LogP contribution >= 0.6 is 0 Å². The minimum absolute atomic E-state index is 0.174. The molecule has 1 amide bonds. The Morgan fingerprint density at radius 2 is 1.94 bits per heavy atom. The Balaban J connectivity index is 1.55. The van der Waals surface area contributed by atoms with E-state index in [1.54, 1.807) is 0 Å². The van der Waals surface area contributed by atoms with Crippen molar-refractivity contribution in [3.63, 3.8) is 0 Å². The van der Waals surface area contributed by atoms with Gasteiger partial charge in [0.2, 0.25) is 5.91 Å². The fraction of sp³-hybridized carbons (Fsp3) is 0.800. The van der Waals surface area contributed by atoms with Crippen molar-refractivity contribution in [2.75, 3.05) is 13.1 Å². The monoisotopic (exact) mass is 250 g/mol. The van der Waals surface area contributed by atoms with Crippen molar-refractivity contribution in [3.8, 4) is 0 Å². The molecule has 102 valence electrons. The van der Waals surface area contributed by atoms with Gasteiger partial charge in [0.25, 0.3) is 0 Å². The van der Waals surface area contributed by atoms with Crippen molar-refractivity contribution in [2.24, 2.45) is 5.92 Å². The molecule has 0 aromatic rings. The lowest BCUT2D eigenvalue weighted by molar-refractivity contribution is -0.121. The third-order valence-corrected chi connectivity index (χ3v) is 4.07. The zero-order chi connectivity index (χ0) is 12.6. The molecule has 1 fully saturated rings. The highest BCUT2D eigenvalue weighted by Crippen LogP contribution is 2.17. The van der Waals surface area contributed by atoms with Gasteiger partial charge in [0.15, 0.2) is 0 Å². The molecule has 2 N–H and O–H groups in total. The average molecular weight is 250 g/mol. The van der Waals surface area contributed by atoms with E-state index in [0.29, 0.717) is 12.6 Å². The smallest absolute Gasteiger partial charge is 0.234 e. The molecule has 3 nitrogen and oxygen atoms in total. The van der Waals surface area contributed by atoms with Crippen LogP contribution in [0.2, 0.25) is 0 Å². The molecule has 2 aliphatic carbocycles. The first-order valence-electron chi connectivity index (χ1n) is 7.49. The highest BCUT2D eigenvalue weighted by Gasteiger charge is 2.15. The van der Waals surface area contributed by atoms with E-state index in [1.807, 2.05) is 0 Å². The summed E-state index contributed by atoms with van der Waals surface area (Å²) in [4.78, 5) is 11.8. The number of hydrogen-bond acceptors (Lipinski definition) is 2. The van der Waals surface area contributed by atoms with E-state index in [0.717, 1.165) is 18.9 Å². The van der Waals surface area contributed by atoms with Crippen LogP contribution in [0.4, 0.5) is 0 Å². The van der Waals surface area contributed by atoms with Crippen molar-refractivity contribution in [1.82, 2.24) is 10.6 Å². The first kappa shape index (κ1) is 13.6. The van der Waals surface area contributed by atoms with Crippen LogP contribution in [0.1, 0.15) is 51.4 Å². The third kappa shape index (κ3) is 4.81. The van der Waals surface area contributed by atoms with E-state index in [4.69, 9.17) is 0 Å². The molecule has 2 aliphatic rings. The maximum absolute atomic E-state index is 11.8. The van der Waals surface area contributed by atoms with Crippen LogP contribution in [0.5, 0.6) is 0 Å². The van der Waals surface area contributed by atoms with Crippen LogP contribution in [0.3, 0.4) is 0 Å². The maximum atomic E-state index is 11.8. The molecule has 0 aromatic carbocycles. The van der Waals surface area contributed by atoms with Crippen molar-refractivity contribution in [2.45, 2.75) is 57.4 Å². The Morgan fingerprint density at radius 3 is 2.67 bits per heavy atom. The fourth-order valence-electron chi connectivity index (χ4n) is 2.96. The standard InChI is InChI=1S/C15H26N2O/c18-15(17-14-9-5-2-6-10-14)12-16-11-13-7-3-1-4-8-13/h1,3,13-14,16H,2,4-12H2,(H,17,18). The molecule has 0 bridgehead atoms. The van der Waals surface area contributed by atoms with Crippen molar-refractivity contribution in [3.05, 3.63) is 12.2 Å². The van der Waals surface area contributed by atoms with Gasteiger partial charge in [-0.15, -0.1) is 0 Å². The number of nitrogens with one attached hydrogen (secondary N) is 2. The van der Waals surface area contributed by atoms with Gasteiger partial charge in [-0.2, -0.15) is 0 Å². The lowest BCUT2D eigenvalue weighted by Crippen LogP contribution is -2.42. The highest BCUT2D eigenvalue weighted by atomic mass is 16.1. The lowest BCUT2D eigenvalue weighted by atomic mass is 9.94. The second-order valence-electron chi connectivity index (χ2n) is 5.68. The van der Waals surface area contributed by atoms with Crippen LogP contribution in [0, 0.1) is 5.92 Å². The summed E-state index contributed by atoms with van der Waals surface area (Å²) in [5, 5.41) is 6.44. The van der Waals surface area contributed by atoms with Crippen LogP contribution in [-0.4, -0.2) is 25.0 Å². The lowest BCUT2D eigenvalue weighted by Gasteiger charge is -2.23. The molecule has 0 aliphatic heterocycles. The number of amides is 1. The highest BCUT2D eigenvalue weighted by molar-refractivity contribution is 5.78. The number of carbonyl (C=O) groups is 1.